The van der Waals surface area contributed by atoms with Gasteiger partial charge in [-0.25, -0.2) is 13.2 Å². The molecule has 0 N–H and O–H groups in total. The van der Waals surface area contributed by atoms with Crippen molar-refractivity contribution in [1.82, 2.24) is 0 Å². The van der Waals surface area contributed by atoms with Gasteiger partial charge in [-0.05, 0) is 42.0 Å². The van der Waals surface area contributed by atoms with Gasteiger partial charge in [0, 0.05) is 10.6 Å². The molecule has 10 heteroatoms. The average Bonchev–Trinajstić information content (AvgIpc) is 2.86. The maximum absolute atomic E-state index is 13.2. The maximum atomic E-state index is 13.2. The van der Waals surface area contributed by atoms with Crippen molar-refractivity contribution in [3.05, 3.63) is 90.0 Å². The first-order chi connectivity index (χ1) is 16.3. The van der Waals surface area contributed by atoms with Gasteiger partial charge in [0.05, 0.1) is 22.2 Å². The molecule has 0 saturated carbocycles. The summed E-state index contributed by atoms with van der Waals surface area (Å²) in [5, 5.41) is 0. The fourth-order valence-electron chi connectivity index (χ4n) is 3.58. The van der Waals surface area contributed by atoms with Gasteiger partial charge >= 0.3 is 11.7 Å². The van der Waals surface area contributed by atoms with Crippen LogP contribution in [0.25, 0.3) is 0 Å². The normalized spacial score (nSPS) is 15.6. The lowest BCUT2D eigenvalue weighted by Crippen LogP contribution is -2.41. The summed E-state index contributed by atoms with van der Waals surface area (Å²) in [6.45, 7) is -0.543. The van der Waals surface area contributed by atoms with Crippen LogP contribution in [0.3, 0.4) is 0 Å². The third-order valence-electron chi connectivity index (χ3n) is 5.27. The van der Waals surface area contributed by atoms with Crippen LogP contribution in [-0.2, 0) is 19.4 Å². The van der Waals surface area contributed by atoms with Crippen LogP contribution in [0.4, 0.5) is 14.5 Å². The summed E-state index contributed by atoms with van der Waals surface area (Å²) in [6.07, 6.45) is 0. The Morgan fingerprint density at radius 1 is 0.971 bits per heavy atom. The van der Waals surface area contributed by atoms with Crippen molar-refractivity contribution in [2.75, 3.05) is 17.3 Å². The predicted molar refractivity (Wildman–Crippen MR) is 124 cm³/mol. The smallest absolute Gasteiger partial charge is 0.341 e. The van der Waals surface area contributed by atoms with Crippen molar-refractivity contribution in [3.63, 3.8) is 0 Å². The molecule has 0 fully saturated rings. The van der Waals surface area contributed by atoms with E-state index in [1.807, 2.05) is 54.6 Å². The van der Waals surface area contributed by atoms with Gasteiger partial charge in [-0.1, -0.05) is 42.5 Å². The molecule has 0 radical (unpaired) electrons. The van der Waals surface area contributed by atoms with Crippen molar-refractivity contribution in [3.8, 4) is 0 Å². The topological polar surface area (TPSA) is 80.8 Å². The van der Waals surface area contributed by atoms with E-state index < -0.39 is 39.0 Å². The Hall–Kier alpha value is -3.24. The Morgan fingerprint density at radius 2 is 1.62 bits per heavy atom. The van der Waals surface area contributed by atoms with Gasteiger partial charge in [-0.3, -0.25) is 9.69 Å². The number of anilines is 1. The first kappa shape index (κ1) is 23.9. The highest BCUT2D eigenvalue weighted by Crippen LogP contribution is 2.43. The second-order valence-corrected chi connectivity index (χ2v) is 10.4. The molecule has 0 aliphatic carbocycles. The molecule has 1 amide bonds. The lowest BCUT2D eigenvalue weighted by atomic mass is 10.1. The quantitative estimate of drug-likeness (QED) is 0.453. The van der Waals surface area contributed by atoms with Crippen LogP contribution >= 0.6 is 11.8 Å². The molecule has 1 heterocycles. The van der Waals surface area contributed by atoms with Gasteiger partial charge in [0.25, 0.3) is 5.91 Å². The van der Waals surface area contributed by atoms with Crippen molar-refractivity contribution in [2.24, 2.45) is 0 Å². The molecule has 0 aromatic heterocycles. The van der Waals surface area contributed by atoms with E-state index in [1.165, 1.54) is 0 Å². The van der Waals surface area contributed by atoms with Crippen molar-refractivity contribution < 1.29 is 31.5 Å². The molecule has 3 aromatic carbocycles. The maximum Gasteiger partial charge on any atom is 0.341 e. The monoisotopic (exact) mass is 503 g/mol. The van der Waals surface area contributed by atoms with Gasteiger partial charge in [0.15, 0.2) is 6.61 Å². The molecule has 0 spiro atoms. The Balaban J connectivity index is 1.51. The summed E-state index contributed by atoms with van der Waals surface area (Å²) in [4.78, 5) is 27.6. The van der Waals surface area contributed by atoms with E-state index in [-0.39, 0.29) is 11.6 Å². The van der Waals surface area contributed by atoms with Crippen molar-refractivity contribution in [1.29, 1.82) is 0 Å². The van der Waals surface area contributed by atoms with Crippen LogP contribution in [-0.4, -0.2) is 38.4 Å². The number of fused-ring (bicyclic) bond motifs is 1. The molecule has 1 atom stereocenters. The van der Waals surface area contributed by atoms with Crippen molar-refractivity contribution >= 4 is 39.2 Å². The van der Waals surface area contributed by atoms with Crippen LogP contribution in [0, 0.1) is 0 Å². The van der Waals surface area contributed by atoms with E-state index in [4.69, 9.17) is 4.74 Å². The largest absolute Gasteiger partial charge is 0.452 e. The second-order valence-electron chi connectivity index (χ2n) is 7.38. The molecule has 1 aliphatic heterocycles. The summed E-state index contributed by atoms with van der Waals surface area (Å²) in [5.41, 5.74) is 1.60. The molecular formula is C24H19F2NO5S2. The SMILES string of the molecule is O=C(OCC(=O)N1c2ccccc2SCC1c1ccccc1)c1ccc(S(=O)(=O)C(F)F)cc1. The predicted octanol–water partition coefficient (Wildman–Crippen LogP) is 4.72. The molecule has 1 aliphatic rings. The first-order valence-electron chi connectivity index (χ1n) is 10.2. The van der Waals surface area contributed by atoms with Crippen LogP contribution in [0.5, 0.6) is 0 Å². The molecule has 0 saturated heterocycles. The number of benzene rings is 3. The number of alkyl halides is 2. The van der Waals surface area contributed by atoms with Gasteiger partial charge in [-0.15, -0.1) is 11.8 Å². The highest BCUT2D eigenvalue weighted by molar-refractivity contribution is 7.99. The number of carbonyl (C=O) groups excluding carboxylic acids is 2. The number of carbonyl (C=O) groups is 2. The Morgan fingerprint density at radius 3 is 2.29 bits per heavy atom. The molecule has 0 bridgehead atoms. The zero-order valence-corrected chi connectivity index (χ0v) is 19.3. The summed E-state index contributed by atoms with van der Waals surface area (Å²) >= 11 is 1.64. The second kappa shape index (κ2) is 9.94. The number of sulfone groups is 1. The average molecular weight is 504 g/mol. The van der Waals surface area contributed by atoms with E-state index in [0.29, 0.717) is 5.75 Å². The highest BCUT2D eigenvalue weighted by Gasteiger charge is 2.33. The zero-order chi connectivity index (χ0) is 24.3. The number of ether oxygens (including phenoxy) is 1. The summed E-state index contributed by atoms with van der Waals surface area (Å²) in [5.74, 6) is -4.23. The number of amides is 1. The molecule has 1 unspecified atom stereocenters. The Kier molecular flexibility index (Phi) is 6.99. The summed E-state index contributed by atoms with van der Waals surface area (Å²) in [6, 6.07) is 20.7. The van der Waals surface area contributed by atoms with E-state index >= 15 is 0 Å². The molecule has 6 nitrogen and oxygen atoms in total. The number of esters is 1. The lowest BCUT2D eigenvalue weighted by molar-refractivity contribution is -0.122. The highest BCUT2D eigenvalue weighted by atomic mass is 32.2. The minimum atomic E-state index is -4.77. The standard InChI is InChI=1S/C24H19F2NO5S2/c25-24(26)34(30,31)18-12-10-17(11-13-18)23(29)32-14-22(28)27-19-8-4-5-9-21(19)33-15-20(27)16-6-2-1-3-7-16/h1-13,20,24H,14-15H2. The molecule has 176 valence electrons. The van der Waals surface area contributed by atoms with Crippen LogP contribution in [0.1, 0.15) is 22.0 Å². The number of thioether (sulfide) groups is 1. The van der Waals surface area contributed by atoms with Crippen LogP contribution in [0.15, 0.2) is 88.7 Å². The van der Waals surface area contributed by atoms with Crippen molar-refractivity contribution in [2.45, 2.75) is 21.6 Å². The number of rotatable bonds is 6. The Labute approximate surface area is 199 Å². The van der Waals surface area contributed by atoms with E-state index in [0.717, 1.165) is 40.4 Å². The number of nitrogens with zero attached hydrogens (tertiary/aromatic N) is 1. The lowest BCUT2D eigenvalue weighted by Gasteiger charge is -2.37. The molecule has 3 aromatic rings. The third-order valence-corrected chi connectivity index (χ3v) is 7.80. The number of hydrogen-bond acceptors (Lipinski definition) is 6. The fraction of sp³-hybridized carbons (Fsp3) is 0.167. The number of hydrogen-bond donors (Lipinski definition) is 0. The molecule has 4 rings (SSSR count). The number of para-hydroxylation sites is 1. The van der Waals surface area contributed by atoms with E-state index in [9.17, 15) is 26.8 Å². The van der Waals surface area contributed by atoms with Crippen LogP contribution in [0.2, 0.25) is 0 Å². The van der Waals surface area contributed by atoms with Gasteiger partial charge in [-0.2, -0.15) is 8.78 Å². The van der Waals surface area contributed by atoms with Gasteiger partial charge in [0.1, 0.15) is 0 Å². The molecular weight excluding hydrogens is 484 g/mol. The van der Waals surface area contributed by atoms with Gasteiger partial charge in [0.2, 0.25) is 9.84 Å². The summed E-state index contributed by atoms with van der Waals surface area (Å²) in [7, 11) is -4.77. The minimum Gasteiger partial charge on any atom is -0.452 e. The Bertz CT molecular complexity index is 1300. The van der Waals surface area contributed by atoms with Gasteiger partial charge < -0.3 is 4.74 Å². The van der Waals surface area contributed by atoms with E-state index in [1.54, 1.807) is 16.7 Å². The zero-order valence-electron chi connectivity index (χ0n) is 17.6. The number of halogens is 2. The van der Waals surface area contributed by atoms with Crippen LogP contribution < -0.4 is 4.90 Å². The summed E-state index contributed by atoms with van der Waals surface area (Å²) < 4.78 is 53.6. The first-order valence-corrected chi connectivity index (χ1v) is 12.7. The van der Waals surface area contributed by atoms with E-state index in [2.05, 4.69) is 0 Å². The third kappa shape index (κ3) is 4.83. The molecule has 34 heavy (non-hydrogen) atoms. The fourth-order valence-corrected chi connectivity index (χ4v) is 5.47. The minimum absolute atomic E-state index is 0.0600.